The third-order valence-corrected chi connectivity index (χ3v) is 4.85. The standard InChI is InChI=1S/C17H24O/c18-16(10-13-6-2-1-3-7-13)12-15-11-14-8-4-5-9-17(14)15/h4-5,8-9,13,15-16,18H,1-3,6-7,10-12H2. The van der Waals surface area contributed by atoms with Crippen molar-refractivity contribution in [1.82, 2.24) is 0 Å². The van der Waals surface area contributed by atoms with Crippen molar-refractivity contribution in [2.75, 3.05) is 0 Å². The van der Waals surface area contributed by atoms with Crippen LogP contribution in [0.15, 0.2) is 24.3 Å². The first-order valence-electron chi connectivity index (χ1n) is 7.59. The van der Waals surface area contributed by atoms with Crippen molar-refractivity contribution in [1.29, 1.82) is 0 Å². The van der Waals surface area contributed by atoms with E-state index >= 15 is 0 Å². The van der Waals surface area contributed by atoms with Crippen LogP contribution in [-0.4, -0.2) is 11.2 Å². The second kappa shape index (κ2) is 5.44. The molecule has 1 N–H and O–H groups in total. The zero-order chi connectivity index (χ0) is 12.4. The predicted molar refractivity (Wildman–Crippen MR) is 74.7 cm³/mol. The lowest BCUT2D eigenvalue weighted by molar-refractivity contribution is 0.112. The third-order valence-electron chi connectivity index (χ3n) is 4.85. The number of fused-ring (bicyclic) bond motifs is 1. The van der Waals surface area contributed by atoms with Crippen LogP contribution < -0.4 is 0 Å². The third kappa shape index (κ3) is 2.61. The van der Waals surface area contributed by atoms with Gasteiger partial charge in [-0.25, -0.2) is 0 Å². The molecule has 2 aliphatic rings. The smallest absolute Gasteiger partial charge is 0.0548 e. The highest BCUT2D eigenvalue weighted by Crippen LogP contribution is 2.39. The topological polar surface area (TPSA) is 20.2 Å². The maximum absolute atomic E-state index is 10.3. The second-order valence-corrected chi connectivity index (χ2v) is 6.23. The molecular formula is C17H24O. The quantitative estimate of drug-likeness (QED) is 0.847. The summed E-state index contributed by atoms with van der Waals surface area (Å²) in [5, 5.41) is 10.3. The Morgan fingerprint density at radius 2 is 1.83 bits per heavy atom. The van der Waals surface area contributed by atoms with E-state index in [4.69, 9.17) is 0 Å². The largest absolute Gasteiger partial charge is 0.393 e. The molecule has 1 aromatic carbocycles. The van der Waals surface area contributed by atoms with E-state index in [2.05, 4.69) is 24.3 Å². The zero-order valence-electron chi connectivity index (χ0n) is 11.1. The Hall–Kier alpha value is -0.820. The Morgan fingerprint density at radius 3 is 2.61 bits per heavy atom. The molecule has 0 aromatic heterocycles. The van der Waals surface area contributed by atoms with Gasteiger partial charge in [0, 0.05) is 0 Å². The molecule has 0 amide bonds. The monoisotopic (exact) mass is 244 g/mol. The fourth-order valence-corrected chi connectivity index (χ4v) is 3.81. The van der Waals surface area contributed by atoms with Gasteiger partial charge >= 0.3 is 0 Å². The zero-order valence-corrected chi connectivity index (χ0v) is 11.1. The van der Waals surface area contributed by atoms with Crippen LogP contribution in [0.2, 0.25) is 0 Å². The van der Waals surface area contributed by atoms with E-state index in [1.165, 1.54) is 49.7 Å². The Labute approximate surface area is 110 Å². The van der Waals surface area contributed by atoms with Crippen molar-refractivity contribution in [2.45, 2.75) is 63.4 Å². The number of rotatable bonds is 4. The highest BCUT2D eigenvalue weighted by molar-refractivity contribution is 5.39. The first-order valence-corrected chi connectivity index (χ1v) is 7.59. The van der Waals surface area contributed by atoms with E-state index in [1.54, 1.807) is 0 Å². The minimum Gasteiger partial charge on any atom is -0.393 e. The Balaban J connectivity index is 1.49. The molecule has 0 bridgehead atoms. The van der Waals surface area contributed by atoms with Gasteiger partial charge in [-0.05, 0) is 42.2 Å². The highest BCUT2D eigenvalue weighted by atomic mass is 16.3. The Morgan fingerprint density at radius 1 is 1.06 bits per heavy atom. The lowest BCUT2D eigenvalue weighted by Gasteiger charge is -2.33. The normalized spacial score (nSPS) is 25.3. The van der Waals surface area contributed by atoms with Crippen molar-refractivity contribution in [3.63, 3.8) is 0 Å². The van der Waals surface area contributed by atoms with E-state index in [1.807, 2.05) is 0 Å². The first-order chi connectivity index (χ1) is 8.83. The van der Waals surface area contributed by atoms with Crippen molar-refractivity contribution in [2.24, 2.45) is 5.92 Å². The summed E-state index contributed by atoms with van der Waals surface area (Å²) >= 11 is 0. The van der Waals surface area contributed by atoms with Gasteiger partial charge in [-0.15, -0.1) is 0 Å². The number of hydrogen-bond acceptors (Lipinski definition) is 1. The van der Waals surface area contributed by atoms with Crippen LogP contribution in [0.4, 0.5) is 0 Å². The van der Waals surface area contributed by atoms with Crippen molar-refractivity contribution in [3.8, 4) is 0 Å². The van der Waals surface area contributed by atoms with Gasteiger partial charge in [0.15, 0.2) is 0 Å². The molecule has 1 heteroatoms. The lowest BCUT2D eigenvalue weighted by atomic mass is 9.73. The van der Waals surface area contributed by atoms with E-state index in [9.17, 15) is 5.11 Å². The molecule has 3 rings (SSSR count). The predicted octanol–water partition coefficient (Wildman–Crippen LogP) is 4.05. The summed E-state index contributed by atoms with van der Waals surface area (Å²) in [6.45, 7) is 0. The SMILES string of the molecule is OC(CC1CCCCC1)CC1Cc2ccccc21. The van der Waals surface area contributed by atoms with Crippen molar-refractivity contribution < 1.29 is 5.11 Å². The molecule has 98 valence electrons. The van der Waals surface area contributed by atoms with Gasteiger partial charge in [0.1, 0.15) is 0 Å². The second-order valence-electron chi connectivity index (χ2n) is 6.23. The average Bonchev–Trinajstić information content (AvgIpc) is 2.37. The van der Waals surface area contributed by atoms with Crippen LogP contribution in [0.25, 0.3) is 0 Å². The summed E-state index contributed by atoms with van der Waals surface area (Å²) < 4.78 is 0. The molecule has 1 nitrogen and oxygen atoms in total. The molecule has 18 heavy (non-hydrogen) atoms. The molecule has 1 fully saturated rings. The average molecular weight is 244 g/mol. The number of hydrogen-bond donors (Lipinski definition) is 1. The van der Waals surface area contributed by atoms with E-state index in [-0.39, 0.29) is 6.10 Å². The van der Waals surface area contributed by atoms with Crippen molar-refractivity contribution in [3.05, 3.63) is 35.4 Å². The van der Waals surface area contributed by atoms with Gasteiger partial charge in [0.2, 0.25) is 0 Å². The molecule has 2 aliphatic carbocycles. The lowest BCUT2D eigenvalue weighted by Crippen LogP contribution is -2.24. The number of benzene rings is 1. The van der Waals surface area contributed by atoms with Crippen LogP contribution in [-0.2, 0) is 6.42 Å². The maximum atomic E-state index is 10.3. The van der Waals surface area contributed by atoms with Gasteiger partial charge in [-0.2, -0.15) is 0 Å². The van der Waals surface area contributed by atoms with Crippen LogP contribution in [0.5, 0.6) is 0 Å². The van der Waals surface area contributed by atoms with Gasteiger partial charge in [0.05, 0.1) is 6.10 Å². The fraction of sp³-hybridized carbons (Fsp3) is 0.647. The van der Waals surface area contributed by atoms with Gasteiger partial charge < -0.3 is 5.11 Å². The molecule has 0 saturated heterocycles. The summed E-state index contributed by atoms with van der Waals surface area (Å²) in [5.74, 6) is 1.42. The molecule has 1 saturated carbocycles. The minimum absolute atomic E-state index is 0.0774. The maximum Gasteiger partial charge on any atom is 0.0548 e. The number of aliphatic hydroxyl groups is 1. The van der Waals surface area contributed by atoms with Gasteiger partial charge in [0.25, 0.3) is 0 Å². The molecule has 1 aromatic rings. The molecule has 0 spiro atoms. The van der Waals surface area contributed by atoms with Crippen LogP contribution >= 0.6 is 0 Å². The van der Waals surface area contributed by atoms with Crippen LogP contribution in [0.1, 0.15) is 62.0 Å². The first kappa shape index (κ1) is 12.2. The van der Waals surface area contributed by atoms with Gasteiger partial charge in [-0.1, -0.05) is 56.4 Å². The van der Waals surface area contributed by atoms with Crippen molar-refractivity contribution >= 4 is 0 Å². The minimum atomic E-state index is -0.0774. The van der Waals surface area contributed by atoms with Crippen LogP contribution in [0.3, 0.4) is 0 Å². The molecular weight excluding hydrogens is 220 g/mol. The fourth-order valence-electron chi connectivity index (χ4n) is 3.81. The van der Waals surface area contributed by atoms with E-state index in [0.29, 0.717) is 5.92 Å². The Kier molecular flexibility index (Phi) is 3.69. The summed E-state index contributed by atoms with van der Waals surface area (Å²) in [7, 11) is 0. The summed E-state index contributed by atoms with van der Waals surface area (Å²) in [6, 6.07) is 8.70. The van der Waals surface area contributed by atoms with E-state index < -0.39 is 0 Å². The number of aliphatic hydroxyl groups excluding tert-OH is 1. The van der Waals surface area contributed by atoms with Crippen LogP contribution in [0, 0.1) is 5.92 Å². The molecule has 2 unspecified atom stereocenters. The van der Waals surface area contributed by atoms with E-state index in [0.717, 1.165) is 18.8 Å². The summed E-state index contributed by atoms with van der Waals surface area (Å²) in [4.78, 5) is 0. The summed E-state index contributed by atoms with van der Waals surface area (Å²) in [5.41, 5.74) is 2.98. The van der Waals surface area contributed by atoms with Gasteiger partial charge in [-0.3, -0.25) is 0 Å². The highest BCUT2D eigenvalue weighted by Gasteiger charge is 2.28. The summed E-state index contributed by atoms with van der Waals surface area (Å²) in [6.07, 6.45) is 9.97. The molecule has 0 aliphatic heterocycles. The Bertz CT molecular complexity index is 392. The molecule has 0 heterocycles. The molecule has 2 atom stereocenters. The molecule has 0 radical (unpaired) electrons.